The van der Waals surface area contributed by atoms with Crippen LogP contribution in [0.2, 0.25) is 0 Å². The summed E-state index contributed by atoms with van der Waals surface area (Å²) in [6.07, 6.45) is 0.154. The van der Waals surface area contributed by atoms with Crippen LogP contribution in [0.15, 0.2) is 53.4 Å². The number of primary amides is 1. The van der Waals surface area contributed by atoms with Crippen LogP contribution in [0, 0.1) is 5.82 Å². The average Bonchev–Trinajstić information content (AvgIpc) is 2.68. The van der Waals surface area contributed by atoms with Gasteiger partial charge in [0.15, 0.2) is 0 Å². The molecular weight excluding hydrogens is 386 g/mol. The predicted molar refractivity (Wildman–Crippen MR) is 102 cm³/mol. The Morgan fingerprint density at radius 2 is 1.68 bits per heavy atom. The molecule has 0 radical (unpaired) electrons. The molecule has 2 aromatic carbocycles. The molecule has 28 heavy (non-hydrogen) atoms. The maximum absolute atomic E-state index is 15.3. The molecule has 0 aromatic heterocycles. The number of piperidine rings is 1. The van der Waals surface area contributed by atoms with Gasteiger partial charge in [-0.1, -0.05) is 18.2 Å². The van der Waals surface area contributed by atoms with Gasteiger partial charge in [-0.05, 0) is 42.3 Å². The summed E-state index contributed by atoms with van der Waals surface area (Å²) >= 11 is 0. The summed E-state index contributed by atoms with van der Waals surface area (Å²) in [5.74, 6) is -0.955. The van der Waals surface area contributed by atoms with Crippen molar-refractivity contribution in [2.45, 2.75) is 29.2 Å². The highest BCUT2D eigenvalue weighted by Crippen LogP contribution is 2.36. The van der Waals surface area contributed by atoms with Crippen molar-refractivity contribution in [1.82, 2.24) is 4.90 Å². The summed E-state index contributed by atoms with van der Waals surface area (Å²) in [6.45, 7) is 1.07. The molecule has 1 heterocycles. The normalized spacial score (nSPS) is 17.4. The lowest BCUT2D eigenvalue weighted by atomic mass is 10.1. The van der Waals surface area contributed by atoms with Gasteiger partial charge in [0.25, 0.3) is 0 Å². The number of nitrogens with zero attached hydrogens (tertiary/aromatic N) is 1. The monoisotopic (exact) mass is 408 g/mol. The first-order chi connectivity index (χ1) is 13.2. The molecular formula is C20H22F2N2O3S. The van der Waals surface area contributed by atoms with Gasteiger partial charge in [-0.25, -0.2) is 17.2 Å². The van der Waals surface area contributed by atoms with Gasteiger partial charge < -0.3 is 10.6 Å². The molecule has 0 bridgehead atoms. The molecule has 2 aromatic rings. The number of amides is 1. The zero-order valence-electron chi connectivity index (χ0n) is 15.3. The second kappa shape index (κ2) is 7.97. The third-order valence-electron chi connectivity index (χ3n) is 5.19. The van der Waals surface area contributed by atoms with E-state index >= 15 is 4.39 Å². The average molecular weight is 408 g/mol. The van der Waals surface area contributed by atoms with Gasteiger partial charge >= 0.3 is 0 Å². The number of sulfone groups is 1. The molecule has 8 heteroatoms. The van der Waals surface area contributed by atoms with Crippen LogP contribution in [0.5, 0.6) is 0 Å². The van der Waals surface area contributed by atoms with E-state index in [2.05, 4.69) is 0 Å². The van der Waals surface area contributed by atoms with Crippen LogP contribution in [-0.4, -0.2) is 43.9 Å². The van der Waals surface area contributed by atoms with E-state index in [1.165, 1.54) is 30.3 Å². The van der Waals surface area contributed by atoms with Gasteiger partial charge in [0.1, 0.15) is 5.82 Å². The van der Waals surface area contributed by atoms with Crippen molar-refractivity contribution < 1.29 is 22.0 Å². The minimum Gasteiger partial charge on any atom is -0.366 e. The zero-order chi connectivity index (χ0) is 20.4. The predicted octanol–water partition coefficient (Wildman–Crippen LogP) is 2.70. The van der Waals surface area contributed by atoms with Crippen LogP contribution in [-0.2, 0) is 16.3 Å². The zero-order valence-corrected chi connectivity index (χ0v) is 16.1. The fraction of sp³-hybridized carbons (Fsp3) is 0.350. The highest BCUT2D eigenvalue weighted by molar-refractivity contribution is 7.92. The van der Waals surface area contributed by atoms with Crippen molar-refractivity contribution in [3.8, 4) is 0 Å². The van der Waals surface area contributed by atoms with Gasteiger partial charge in [-0.15, -0.1) is 0 Å². The molecule has 2 N–H and O–H groups in total. The number of hydrogen-bond acceptors (Lipinski definition) is 4. The minimum absolute atomic E-state index is 0.162. The molecule has 0 saturated carbocycles. The van der Waals surface area contributed by atoms with Crippen LogP contribution in [0.1, 0.15) is 28.8 Å². The molecule has 0 unspecified atom stereocenters. The van der Waals surface area contributed by atoms with E-state index in [1.54, 1.807) is 18.2 Å². The standard InChI is InChI=1S/C20H22F2N2O3S/c21-18-4-2-1-3-15(18)9-12-24-13-10-20(22,11-14-24)28(26,27)17-7-5-16(6-8-17)19(23)25/h1-8H,9-14H2,(H2,23,25). The lowest BCUT2D eigenvalue weighted by Gasteiger charge is -2.36. The SMILES string of the molecule is NC(=O)c1ccc(S(=O)(=O)C2(F)CCN(CCc3ccccc3F)CC2)cc1. The first kappa shape index (κ1) is 20.4. The van der Waals surface area contributed by atoms with E-state index in [0.717, 1.165) is 0 Å². The number of carbonyl (C=O) groups is 1. The van der Waals surface area contributed by atoms with E-state index in [0.29, 0.717) is 18.5 Å². The second-order valence-electron chi connectivity index (χ2n) is 6.96. The van der Waals surface area contributed by atoms with Crippen molar-refractivity contribution >= 4 is 15.7 Å². The van der Waals surface area contributed by atoms with Crippen molar-refractivity contribution in [2.75, 3.05) is 19.6 Å². The van der Waals surface area contributed by atoms with Gasteiger partial charge in [0.05, 0.1) is 4.90 Å². The third kappa shape index (κ3) is 4.07. The smallest absolute Gasteiger partial charge is 0.248 e. The Bertz CT molecular complexity index is 954. The number of halogens is 2. The van der Waals surface area contributed by atoms with E-state index < -0.39 is 20.7 Å². The number of carbonyl (C=O) groups excluding carboxylic acids is 1. The van der Waals surface area contributed by atoms with Crippen LogP contribution in [0.25, 0.3) is 0 Å². The van der Waals surface area contributed by atoms with E-state index in [4.69, 9.17) is 5.73 Å². The van der Waals surface area contributed by atoms with E-state index in [1.807, 2.05) is 4.90 Å². The van der Waals surface area contributed by atoms with Gasteiger partial charge in [0.2, 0.25) is 20.7 Å². The maximum Gasteiger partial charge on any atom is 0.248 e. The summed E-state index contributed by atoms with van der Waals surface area (Å²) < 4.78 is 54.6. The lowest BCUT2D eigenvalue weighted by molar-refractivity contribution is 0.1000. The lowest BCUT2D eigenvalue weighted by Crippen LogP contribution is -2.46. The summed E-state index contributed by atoms with van der Waals surface area (Å²) in [7, 11) is -4.21. The van der Waals surface area contributed by atoms with Gasteiger partial charge in [-0.3, -0.25) is 4.79 Å². The Hall–Kier alpha value is -2.32. The summed E-state index contributed by atoms with van der Waals surface area (Å²) in [4.78, 5) is 12.9. The van der Waals surface area contributed by atoms with Gasteiger partial charge in [0, 0.05) is 38.0 Å². The van der Waals surface area contributed by atoms with E-state index in [9.17, 15) is 17.6 Å². The number of benzene rings is 2. The largest absolute Gasteiger partial charge is 0.366 e. The fourth-order valence-corrected chi connectivity index (χ4v) is 5.01. The molecule has 1 saturated heterocycles. The Balaban J connectivity index is 1.64. The summed E-state index contributed by atoms with van der Waals surface area (Å²) in [5, 5.41) is -2.37. The maximum atomic E-state index is 15.3. The molecule has 1 aliphatic heterocycles. The topological polar surface area (TPSA) is 80.5 Å². The van der Waals surface area contributed by atoms with Crippen molar-refractivity contribution in [3.63, 3.8) is 0 Å². The number of nitrogens with two attached hydrogens (primary N) is 1. The van der Waals surface area contributed by atoms with Crippen molar-refractivity contribution in [1.29, 1.82) is 0 Å². The van der Waals surface area contributed by atoms with Crippen molar-refractivity contribution in [3.05, 3.63) is 65.5 Å². The molecule has 0 aliphatic carbocycles. The highest BCUT2D eigenvalue weighted by Gasteiger charge is 2.47. The second-order valence-corrected chi connectivity index (χ2v) is 9.17. The Kier molecular flexibility index (Phi) is 5.81. The first-order valence-corrected chi connectivity index (χ1v) is 10.5. The Morgan fingerprint density at radius 3 is 2.25 bits per heavy atom. The number of hydrogen-bond donors (Lipinski definition) is 1. The molecule has 1 amide bonds. The summed E-state index contributed by atoms with van der Waals surface area (Å²) in [6, 6.07) is 11.5. The Morgan fingerprint density at radius 1 is 1.07 bits per heavy atom. The molecule has 0 atom stereocenters. The fourth-order valence-electron chi connectivity index (χ4n) is 3.37. The molecule has 150 valence electrons. The first-order valence-electron chi connectivity index (χ1n) is 9.02. The molecule has 5 nitrogen and oxygen atoms in total. The molecule has 3 rings (SSSR count). The van der Waals surface area contributed by atoms with Crippen LogP contribution in [0.3, 0.4) is 0 Å². The van der Waals surface area contributed by atoms with Crippen LogP contribution < -0.4 is 5.73 Å². The Labute approximate surface area is 163 Å². The minimum atomic E-state index is -4.21. The molecule has 0 spiro atoms. The third-order valence-corrected chi connectivity index (χ3v) is 7.45. The van der Waals surface area contributed by atoms with Crippen LogP contribution in [0.4, 0.5) is 8.78 Å². The van der Waals surface area contributed by atoms with Crippen molar-refractivity contribution in [2.24, 2.45) is 5.73 Å². The highest BCUT2D eigenvalue weighted by atomic mass is 32.2. The van der Waals surface area contributed by atoms with Crippen LogP contribution >= 0.6 is 0 Å². The molecule has 1 aliphatic rings. The molecule has 1 fully saturated rings. The van der Waals surface area contributed by atoms with E-state index in [-0.39, 0.29) is 42.2 Å². The number of rotatable bonds is 6. The number of alkyl halides is 1. The summed E-state index contributed by atoms with van der Waals surface area (Å²) in [5.41, 5.74) is 5.89. The number of likely N-dealkylation sites (tertiary alicyclic amines) is 1. The van der Waals surface area contributed by atoms with Gasteiger partial charge in [-0.2, -0.15) is 0 Å². The quantitative estimate of drug-likeness (QED) is 0.797.